The van der Waals surface area contributed by atoms with Gasteiger partial charge in [0.05, 0.1) is 23.0 Å². The zero-order chi connectivity index (χ0) is 18.6. The first-order valence-corrected chi connectivity index (χ1v) is 9.05. The van der Waals surface area contributed by atoms with Crippen molar-refractivity contribution < 1.29 is 30.9 Å². The molecule has 1 aromatic rings. The molecule has 0 radical (unpaired) electrons. The third-order valence-corrected chi connectivity index (χ3v) is 4.72. The van der Waals surface area contributed by atoms with Gasteiger partial charge in [-0.1, -0.05) is 6.07 Å². The number of hydrogen-bond donors (Lipinski definition) is 1. The molecule has 1 saturated heterocycles. The van der Waals surface area contributed by atoms with Gasteiger partial charge in [0.15, 0.2) is 0 Å². The second-order valence-corrected chi connectivity index (χ2v) is 8.55. The van der Waals surface area contributed by atoms with Crippen LogP contribution < -0.4 is 10.2 Å². The first kappa shape index (κ1) is 19.1. The second kappa shape index (κ2) is 5.64. The van der Waals surface area contributed by atoms with Gasteiger partial charge in [-0.25, -0.2) is 8.42 Å². The molecule has 1 N–H and O–H groups in total. The second-order valence-electron chi connectivity index (χ2n) is 6.80. The van der Waals surface area contributed by atoms with Gasteiger partial charge in [-0.05, 0) is 45.3 Å². The third-order valence-electron chi connectivity index (χ3n) is 4.11. The normalized spacial score (nSPS) is 20.2. The van der Waals surface area contributed by atoms with E-state index in [4.69, 9.17) is 9.31 Å². The van der Waals surface area contributed by atoms with Crippen LogP contribution in [0.2, 0.25) is 0 Å². The van der Waals surface area contributed by atoms with Crippen molar-refractivity contribution in [2.75, 3.05) is 11.0 Å². The Morgan fingerprint density at radius 1 is 1.04 bits per heavy atom. The fourth-order valence-corrected chi connectivity index (χ4v) is 2.75. The summed E-state index contributed by atoms with van der Waals surface area (Å²) in [5.74, 6) is 0. The van der Waals surface area contributed by atoms with E-state index in [1.807, 2.05) is 0 Å². The molecule has 10 heteroatoms. The largest absolute Gasteiger partial charge is 0.494 e. The molecule has 134 valence electrons. The van der Waals surface area contributed by atoms with E-state index in [2.05, 4.69) is 4.72 Å². The van der Waals surface area contributed by atoms with Crippen molar-refractivity contribution >= 4 is 28.3 Å². The Bertz CT molecular complexity index is 731. The Kier molecular flexibility index (Phi) is 4.48. The van der Waals surface area contributed by atoms with Crippen molar-refractivity contribution in [1.29, 1.82) is 0 Å². The van der Waals surface area contributed by atoms with Crippen molar-refractivity contribution in [3.05, 3.63) is 23.8 Å². The van der Waals surface area contributed by atoms with E-state index in [-0.39, 0.29) is 11.2 Å². The van der Waals surface area contributed by atoms with Gasteiger partial charge in [-0.15, -0.1) is 0 Å². The summed E-state index contributed by atoms with van der Waals surface area (Å²) >= 11 is 0. The first-order chi connectivity index (χ1) is 10.6. The minimum atomic E-state index is -4.63. The van der Waals surface area contributed by atoms with E-state index >= 15 is 0 Å². The molecule has 0 unspecified atom stereocenters. The summed E-state index contributed by atoms with van der Waals surface area (Å²) in [5, 5.41) is 0. The van der Waals surface area contributed by atoms with E-state index in [9.17, 15) is 21.6 Å². The van der Waals surface area contributed by atoms with Crippen molar-refractivity contribution in [2.24, 2.45) is 0 Å². The molecule has 2 rings (SSSR count). The summed E-state index contributed by atoms with van der Waals surface area (Å²) in [4.78, 5) is 0. The molecule has 0 saturated carbocycles. The number of nitrogens with one attached hydrogen (secondary N) is 1. The van der Waals surface area contributed by atoms with Crippen LogP contribution in [0.25, 0.3) is 0 Å². The zero-order valence-corrected chi connectivity index (χ0v) is 14.8. The quantitative estimate of drug-likeness (QED) is 0.836. The Morgan fingerprint density at radius 3 is 1.96 bits per heavy atom. The molecular formula is C14H19BF3NO4S. The van der Waals surface area contributed by atoms with Gasteiger partial charge in [-0.2, -0.15) is 13.2 Å². The highest BCUT2D eigenvalue weighted by Gasteiger charge is 2.52. The predicted molar refractivity (Wildman–Crippen MR) is 85.6 cm³/mol. The van der Waals surface area contributed by atoms with Crippen LogP contribution in [0.1, 0.15) is 33.3 Å². The lowest BCUT2D eigenvalue weighted by Crippen LogP contribution is -2.41. The standard InChI is InChI=1S/C14H19BF3NO4S/c1-12(2)13(3,4)23-15(22-12)10-6-9(14(16,17)18)7-11(8-10)19-24(5,20)21/h6-8,19H,1-5H3. The fourth-order valence-electron chi connectivity index (χ4n) is 2.20. The predicted octanol–water partition coefficient (Wildman–Crippen LogP) is 2.38. The summed E-state index contributed by atoms with van der Waals surface area (Å²) in [7, 11) is -4.75. The Labute approximate surface area is 139 Å². The lowest BCUT2D eigenvalue weighted by molar-refractivity contribution is -0.137. The smallest absolute Gasteiger partial charge is 0.399 e. The summed E-state index contributed by atoms with van der Waals surface area (Å²) in [6.07, 6.45) is -3.77. The van der Waals surface area contributed by atoms with Crippen molar-refractivity contribution in [3.8, 4) is 0 Å². The van der Waals surface area contributed by atoms with Gasteiger partial charge < -0.3 is 9.31 Å². The minimum Gasteiger partial charge on any atom is -0.399 e. The number of sulfonamides is 1. The average molecular weight is 365 g/mol. The van der Waals surface area contributed by atoms with Crippen LogP contribution in [-0.2, 0) is 25.5 Å². The number of rotatable bonds is 3. The van der Waals surface area contributed by atoms with Gasteiger partial charge in [0.1, 0.15) is 0 Å². The van der Waals surface area contributed by atoms with Crippen molar-refractivity contribution in [2.45, 2.75) is 45.1 Å². The molecule has 0 aliphatic carbocycles. The number of halogens is 3. The van der Waals surface area contributed by atoms with E-state index in [0.29, 0.717) is 0 Å². The van der Waals surface area contributed by atoms with Crippen molar-refractivity contribution in [1.82, 2.24) is 0 Å². The first-order valence-electron chi connectivity index (χ1n) is 7.16. The van der Waals surface area contributed by atoms with Crippen LogP contribution in [0.4, 0.5) is 18.9 Å². The van der Waals surface area contributed by atoms with E-state index in [1.54, 1.807) is 27.7 Å². The molecule has 1 aliphatic rings. The van der Waals surface area contributed by atoms with Gasteiger partial charge in [0.2, 0.25) is 10.0 Å². The maximum absolute atomic E-state index is 13.1. The van der Waals surface area contributed by atoms with Crippen LogP contribution in [0.3, 0.4) is 0 Å². The molecule has 0 spiro atoms. The van der Waals surface area contributed by atoms with Crippen LogP contribution in [0, 0.1) is 0 Å². The molecule has 5 nitrogen and oxygen atoms in total. The highest BCUT2D eigenvalue weighted by Crippen LogP contribution is 2.37. The SMILES string of the molecule is CC1(C)OB(c2cc(NS(C)(=O)=O)cc(C(F)(F)F)c2)OC1(C)C. The summed E-state index contributed by atoms with van der Waals surface area (Å²) in [5.41, 5.74) is -2.54. The average Bonchev–Trinajstić information content (AvgIpc) is 2.55. The highest BCUT2D eigenvalue weighted by atomic mass is 32.2. The lowest BCUT2D eigenvalue weighted by atomic mass is 9.78. The zero-order valence-electron chi connectivity index (χ0n) is 14.0. The molecular weight excluding hydrogens is 346 g/mol. The lowest BCUT2D eigenvalue weighted by Gasteiger charge is -2.32. The maximum Gasteiger partial charge on any atom is 0.494 e. The van der Waals surface area contributed by atoms with E-state index in [1.165, 1.54) is 6.07 Å². The van der Waals surface area contributed by atoms with E-state index < -0.39 is 40.1 Å². The monoisotopic (exact) mass is 365 g/mol. The van der Waals surface area contributed by atoms with Gasteiger partial charge in [-0.3, -0.25) is 4.72 Å². The van der Waals surface area contributed by atoms with Gasteiger partial charge in [0.25, 0.3) is 0 Å². The van der Waals surface area contributed by atoms with Crippen molar-refractivity contribution in [3.63, 3.8) is 0 Å². The van der Waals surface area contributed by atoms with Crippen LogP contribution >= 0.6 is 0 Å². The molecule has 1 aromatic carbocycles. The number of benzene rings is 1. The third kappa shape index (κ3) is 4.04. The number of anilines is 1. The minimum absolute atomic E-state index is 0.0922. The molecule has 0 bridgehead atoms. The fraction of sp³-hybridized carbons (Fsp3) is 0.571. The van der Waals surface area contributed by atoms with Gasteiger partial charge >= 0.3 is 13.3 Å². The Morgan fingerprint density at radius 2 is 1.54 bits per heavy atom. The molecule has 1 heterocycles. The van der Waals surface area contributed by atoms with Crippen LogP contribution in [0.15, 0.2) is 18.2 Å². The molecule has 0 amide bonds. The summed E-state index contributed by atoms with van der Waals surface area (Å²) in [6, 6.07) is 2.91. The molecule has 1 aliphatic heterocycles. The molecule has 0 aromatic heterocycles. The molecule has 1 fully saturated rings. The maximum atomic E-state index is 13.1. The Balaban J connectivity index is 2.49. The van der Waals surface area contributed by atoms with Gasteiger partial charge in [0, 0.05) is 5.69 Å². The molecule has 0 atom stereocenters. The van der Waals surface area contributed by atoms with Crippen LogP contribution in [-0.4, -0.2) is 33.0 Å². The topological polar surface area (TPSA) is 64.6 Å². The number of hydrogen-bond acceptors (Lipinski definition) is 4. The summed E-state index contributed by atoms with van der Waals surface area (Å²) < 4.78 is 75.6. The Hall–Kier alpha value is -1.26. The van der Waals surface area contributed by atoms with Crippen LogP contribution in [0.5, 0.6) is 0 Å². The number of alkyl halides is 3. The highest BCUT2D eigenvalue weighted by molar-refractivity contribution is 7.92. The molecule has 24 heavy (non-hydrogen) atoms. The van der Waals surface area contributed by atoms with E-state index in [0.717, 1.165) is 18.4 Å². The summed E-state index contributed by atoms with van der Waals surface area (Å²) in [6.45, 7) is 7.10.